The maximum atomic E-state index is 12.4. The number of aromatic nitrogens is 2. The number of hydrogen-bond donors (Lipinski definition) is 1. The molecule has 1 aromatic rings. The first kappa shape index (κ1) is 14.5. The Bertz CT molecular complexity index is 484. The average Bonchev–Trinajstić information content (AvgIpc) is 3.15. The molecule has 1 atom stereocenters. The number of nitrogens with zero attached hydrogens (tertiary/aromatic N) is 3. The molecule has 0 bridgehead atoms. The van der Waals surface area contributed by atoms with Crippen molar-refractivity contribution in [3.05, 3.63) is 18.0 Å². The van der Waals surface area contributed by atoms with E-state index in [1.807, 2.05) is 10.9 Å². The minimum Gasteiger partial charge on any atom is -0.348 e. The molecule has 21 heavy (non-hydrogen) atoms. The maximum Gasteiger partial charge on any atom is 0.254 e. The first-order valence-corrected chi connectivity index (χ1v) is 7.86. The van der Waals surface area contributed by atoms with Crippen molar-refractivity contribution in [2.45, 2.75) is 38.3 Å². The van der Waals surface area contributed by atoms with E-state index in [0.717, 1.165) is 38.4 Å². The van der Waals surface area contributed by atoms with Gasteiger partial charge in [-0.1, -0.05) is 0 Å². The second kappa shape index (κ2) is 6.56. The Hall–Kier alpha value is -1.43. The number of halogens is 1. The number of nitrogens with one attached hydrogen (secondary N) is 1. The third kappa shape index (κ3) is 4.03. The van der Waals surface area contributed by atoms with E-state index in [0.29, 0.717) is 12.1 Å². The molecule has 2 heterocycles. The summed E-state index contributed by atoms with van der Waals surface area (Å²) in [4.78, 5) is 14.3. The molecule has 1 amide bonds. The van der Waals surface area contributed by atoms with E-state index >= 15 is 0 Å². The number of hydrogen-bond acceptors (Lipinski definition) is 3. The van der Waals surface area contributed by atoms with Crippen LogP contribution in [0.4, 0.5) is 4.39 Å². The van der Waals surface area contributed by atoms with Crippen LogP contribution in [0.1, 0.15) is 36.0 Å². The largest absolute Gasteiger partial charge is 0.348 e. The molecule has 0 aromatic carbocycles. The highest BCUT2D eigenvalue weighted by Gasteiger charge is 2.24. The van der Waals surface area contributed by atoms with Gasteiger partial charge in [0.05, 0.1) is 11.8 Å². The maximum absolute atomic E-state index is 12.4. The summed E-state index contributed by atoms with van der Waals surface area (Å²) in [5.74, 6) is 0.678. The number of rotatable bonds is 6. The van der Waals surface area contributed by atoms with Crippen molar-refractivity contribution < 1.29 is 9.18 Å². The van der Waals surface area contributed by atoms with Crippen LogP contribution in [0, 0.1) is 5.92 Å². The van der Waals surface area contributed by atoms with Crippen molar-refractivity contribution in [1.82, 2.24) is 20.0 Å². The van der Waals surface area contributed by atoms with Crippen LogP contribution in [-0.2, 0) is 6.54 Å². The lowest BCUT2D eigenvalue weighted by Crippen LogP contribution is -2.48. The van der Waals surface area contributed by atoms with Gasteiger partial charge in [0, 0.05) is 31.9 Å². The van der Waals surface area contributed by atoms with Crippen molar-refractivity contribution in [3.63, 3.8) is 0 Å². The molecule has 1 aliphatic heterocycles. The SMILES string of the molecule is O=C(NC1CCCN(CCF)C1)c1cnn(CC2CC2)c1. The molecule has 1 aliphatic carbocycles. The predicted molar refractivity (Wildman–Crippen MR) is 77.9 cm³/mol. The number of amides is 1. The molecule has 1 N–H and O–H groups in total. The van der Waals surface area contributed by atoms with Gasteiger partial charge in [-0.05, 0) is 38.1 Å². The van der Waals surface area contributed by atoms with Gasteiger partial charge in [-0.25, -0.2) is 4.39 Å². The molecule has 6 heteroatoms. The summed E-state index contributed by atoms with van der Waals surface area (Å²) in [6.45, 7) is 2.72. The molecule has 2 aliphatic rings. The molecule has 3 rings (SSSR count). The number of carbonyl (C=O) groups is 1. The molecule has 0 spiro atoms. The topological polar surface area (TPSA) is 50.2 Å². The molecular weight excluding hydrogens is 271 g/mol. The van der Waals surface area contributed by atoms with Gasteiger partial charge in [0.25, 0.3) is 5.91 Å². The van der Waals surface area contributed by atoms with Gasteiger partial charge in [-0.15, -0.1) is 0 Å². The average molecular weight is 294 g/mol. The van der Waals surface area contributed by atoms with Crippen LogP contribution in [0.15, 0.2) is 12.4 Å². The van der Waals surface area contributed by atoms with Crippen molar-refractivity contribution >= 4 is 5.91 Å². The van der Waals surface area contributed by atoms with E-state index in [-0.39, 0.29) is 18.6 Å². The Labute approximate surface area is 124 Å². The summed E-state index contributed by atoms with van der Waals surface area (Å²) < 4.78 is 14.3. The molecular formula is C15H23FN4O. The summed E-state index contributed by atoms with van der Waals surface area (Å²) in [6.07, 6.45) is 7.98. The number of likely N-dealkylation sites (tertiary alicyclic amines) is 1. The van der Waals surface area contributed by atoms with E-state index in [2.05, 4.69) is 15.3 Å². The third-order valence-electron chi connectivity index (χ3n) is 4.28. The van der Waals surface area contributed by atoms with E-state index in [9.17, 15) is 9.18 Å². The van der Waals surface area contributed by atoms with E-state index < -0.39 is 0 Å². The van der Waals surface area contributed by atoms with Crippen molar-refractivity contribution in [2.75, 3.05) is 26.3 Å². The van der Waals surface area contributed by atoms with Crippen molar-refractivity contribution in [3.8, 4) is 0 Å². The lowest BCUT2D eigenvalue weighted by Gasteiger charge is -2.32. The standard InChI is InChI=1S/C15H23FN4O/c16-5-7-19-6-1-2-14(11-19)18-15(21)13-8-17-20(10-13)9-12-3-4-12/h8,10,12,14H,1-7,9,11H2,(H,18,21). The summed E-state index contributed by atoms with van der Waals surface area (Å²) in [5.41, 5.74) is 0.623. The Balaban J connectivity index is 1.51. The van der Waals surface area contributed by atoms with Crippen LogP contribution >= 0.6 is 0 Å². The Morgan fingerprint density at radius 1 is 1.43 bits per heavy atom. The predicted octanol–water partition coefficient (Wildman–Crippen LogP) is 1.46. The molecule has 1 saturated heterocycles. The number of alkyl halides is 1. The van der Waals surface area contributed by atoms with Gasteiger partial charge in [0.2, 0.25) is 0 Å². The zero-order valence-electron chi connectivity index (χ0n) is 12.3. The highest BCUT2D eigenvalue weighted by molar-refractivity contribution is 5.93. The summed E-state index contributed by atoms with van der Waals surface area (Å²) >= 11 is 0. The van der Waals surface area contributed by atoms with Gasteiger partial charge in [-0.3, -0.25) is 14.4 Å². The fourth-order valence-electron chi connectivity index (χ4n) is 2.91. The molecule has 1 saturated carbocycles. The third-order valence-corrected chi connectivity index (χ3v) is 4.28. The van der Waals surface area contributed by atoms with Gasteiger partial charge in [0.15, 0.2) is 0 Å². The van der Waals surface area contributed by atoms with Crippen LogP contribution in [0.3, 0.4) is 0 Å². The first-order chi connectivity index (χ1) is 10.2. The van der Waals surface area contributed by atoms with Crippen molar-refractivity contribution in [1.29, 1.82) is 0 Å². The zero-order chi connectivity index (χ0) is 14.7. The van der Waals surface area contributed by atoms with Gasteiger partial charge in [-0.2, -0.15) is 5.10 Å². The second-order valence-corrected chi connectivity index (χ2v) is 6.20. The normalized spacial score (nSPS) is 23.2. The number of piperidine rings is 1. The molecule has 5 nitrogen and oxygen atoms in total. The lowest BCUT2D eigenvalue weighted by atomic mass is 10.1. The highest BCUT2D eigenvalue weighted by atomic mass is 19.1. The fourth-order valence-corrected chi connectivity index (χ4v) is 2.91. The molecule has 0 radical (unpaired) electrons. The van der Waals surface area contributed by atoms with Crippen LogP contribution < -0.4 is 5.32 Å². The van der Waals surface area contributed by atoms with Crippen molar-refractivity contribution in [2.24, 2.45) is 5.92 Å². The molecule has 2 fully saturated rings. The quantitative estimate of drug-likeness (QED) is 0.864. The number of carbonyl (C=O) groups excluding carboxylic acids is 1. The van der Waals surface area contributed by atoms with Crippen LogP contribution in [-0.4, -0.2) is 52.9 Å². The molecule has 1 aromatic heterocycles. The Morgan fingerprint density at radius 3 is 3.05 bits per heavy atom. The highest BCUT2D eigenvalue weighted by Crippen LogP contribution is 2.30. The minimum absolute atomic E-state index is 0.0656. The zero-order valence-corrected chi connectivity index (χ0v) is 12.3. The minimum atomic E-state index is -0.325. The monoisotopic (exact) mass is 294 g/mol. The van der Waals surface area contributed by atoms with E-state index in [1.54, 1.807) is 6.20 Å². The van der Waals surface area contributed by atoms with E-state index in [1.165, 1.54) is 12.8 Å². The van der Waals surface area contributed by atoms with Gasteiger partial charge < -0.3 is 5.32 Å². The summed E-state index contributed by atoms with van der Waals surface area (Å²) in [7, 11) is 0. The van der Waals surface area contributed by atoms with Crippen LogP contribution in [0.2, 0.25) is 0 Å². The second-order valence-electron chi connectivity index (χ2n) is 6.20. The van der Waals surface area contributed by atoms with Gasteiger partial charge >= 0.3 is 0 Å². The smallest absolute Gasteiger partial charge is 0.254 e. The molecule has 116 valence electrons. The Morgan fingerprint density at radius 2 is 2.29 bits per heavy atom. The van der Waals surface area contributed by atoms with E-state index in [4.69, 9.17) is 0 Å². The lowest BCUT2D eigenvalue weighted by molar-refractivity contribution is 0.0901. The van der Waals surface area contributed by atoms with Gasteiger partial charge in [0.1, 0.15) is 6.67 Å². The fraction of sp³-hybridized carbons (Fsp3) is 0.733. The summed E-state index contributed by atoms with van der Waals surface area (Å²) in [5, 5.41) is 7.30. The van der Waals surface area contributed by atoms with Crippen LogP contribution in [0.25, 0.3) is 0 Å². The van der Waals surface area contributed by atoms with Crippen LogP contribution in [0.5, 0.6) is 0 Å². The Kier molecular flexibility index (Phi) is 4.53. The first-order valence-electron chi connectivity index (χ1n) is 7.86. The molecule has 1 unspecified atom stereocenters. The summed E-state index contributed by atoms with van der Waals surface area (Å²) in [6, 6.07) is 0.115.